The number of ether oxygens (including phenoxy) is 1. The third-order valence-electron chi connectivity index (χ3n) is 3.16. The Labute approximate surface area is 122 Å². The SMILES string of the molecule is CC1CN(c2ccc(Br)cc2OC(F)(F)F)CCC1=O. The van der Waals surface area contributed by atoms with Gasteiger partial charge in [-0.1, -0.05) is 22.9 Å². The van der Waals surface area contributed by atoms with Gasteiger partial charge in [0.25, 0.3) is 0 Å². The summed E-state index contributed by atoms with van der Waals surface area (Å²) in [6.45, 7) is 2.57. The molecule has 1 aliphatic heterocycles. The number of hydrogen-bond donors (Lipinski definition) is 0. The molecular formula is C13H13BrF3NO2. The van der Waals surface area contributed by atoms with Gasteiger partial charge in [-0.25, -0.2) is 0 Å². The average molecular weight is 352 g/mol. The maximum Gasteiger partial charge on any atom is 0.573 e. The summed E-state index contributed by atoms with van der Waals surface area (Å²) in [6.07, 6.45) is -4.41. The molecule has 0 bridgehead atoms. The normalized spacial score (nSPS) is 20.1. The van der Waals surface area contributed by atoms with Crippen molar-refractivity contribution in [2.75, 3.05) is 18.0 Å². The highest BCUT2D eigenvalue weighted by atomic mass is 79.9. The number of benzene rings is 1. The fourth-order valence-electron chi connectivity index (χ4n) is 2.19. The number of carbonyl (C=O) groups is 1. The van der Waals surface area contributed by atoms with Gasteiger partial charge in [0.05, 0.1) is 5.69 Å². The molecule has 1 saturated heterocycles. The molecule has 1 aliphatic rings. The minimum Gasteiger partial charge on any atom is -0.404 e. The molecule has 1 atom stereocenters. The van der Waals surface area contributed by atoms with E-state index in [-0.39, 0.29) is 17.5 Å². The van der Waals surface area contributed by atoms with Crippen LogP contribution in [0, 0.1) is 5.92 Å². The van der Waals surface area contributed by atoms with E-state index in [0.717, 1.165) is 0 Å². The largest absolute Gasteiger partial charge is 0.573 e. The standard InChI is InChI=1S/C13H13BrF3NO2/c1-8-7-18(5-4-11(8)19)10-3-2-9(14)6-12(10)20-13(15,16)17/h2-3,6,8H,4-5,7H2,1H3. The highest BCUT2D eigenvalue weighted by molar-refractivity contribution is 9.10. The van der Waals surface area contributed by atoms with E-state index in [2.05, 4.69) is 20.7 Å². The van der Waals surface area contributed by atoms with E-state index in [9.17, 15) is 18.0 Å². The Hall–Kier alpha value is -1.24. The predicted molar refractivity (Wildman–Crippen MR) is 71.8 cm³/mol. The molecule has 0 amide bonds. The highest BCUT2D eigenvalue weighted by Crippen LogP contribution is 2.36. The van der Waals surface area contributed by atoms with E-state index in [4.69, 9.17) is 0 Å². The summed E-state index contributed by atoms with van der Waals surface area (Å²) in [5.74, 6) is -0.309. The summed E-state index contributed by atoms with van der Waals surface area (Å²) in [5.41, 5.74) is 0.352. The number of halogens is 4. The first-order valence-electron chi connectivity index (χ1n) is 6.09. The van der Waals surface area contributed by atoms with Crippen molar-refractivity contribution in [3.05, 3.63) is 22.7 Å². The van der Waals surface area contributed by atoms with E-state index >= 15 is 0 Å². The second kappa shape index (κ2) is 5.63. The van der Waals surface area contributed by atoms with Crippen molar-refractivity contribution >= 4 is 27.4 Å². The third kappa shape index (κ3) is 3.65. The van der Waals surface area contributed by atoms with E-state index in [1.165, 1.54) is 6.07 Å². The number of alkyl halides is 3. The maximum absolute atomic E-state index is 12.4. The highest BCUT2D eigenvalue weighted by Gasteiger charge is 2.34. The Morgan fingerprint density at radius 3 is 2.70 bits per heavy atom. The summed E-state index contributed by atoms with van der Waals surface area (Å²) in [5, 5.41) is 0. The fourth-order valence-corrected chi connectivity index (χ4v) is 2.53. The van der Waals surface area contributed by atoms with Crippen LogP contribution in [0.15, 0.2) is 22.7 Å². The lowest BCUT2D eigenvalue weighted by molar-refractivity contribution is -0.274. The van der Waals surface area contributed by atoms with Crippen molar-refractivity contribution in [3.8, 4) is 5.75 Å². The molecule has 1 aromatic carbocycles. The number of nitrogens with zero attached hydrogens (tertiary/aromatic N) is 1. The number of piperidine rings is 1. The lowest BCUT2D eigenvalue weighted by Gasteiger charge is -2.33. The molecule has 110 valence electrons. The summed E-state index contributed by atoms with van der Waals surface area (Å²) < 4.78 is 41.9. The average Bonchev–Trinajstić information content (AvgIpc) is 2.31. The third-order valence-corrected chi connectivity index (χ3v) is 3.65. The van der Waals surface area contributed by atoms with E-state index in [1.807, 2.05) is 0 Å². The number of carbonyl (C=O) groups excluding carboxylic acids is 1. The van der Waals surface area contributed by atoms with Gasteiger partial charge < -0.3 is 9.64 Å². The molecule has 0 aromatic heterocycles. The van der Waals surface area contributed by atoms with Crippen LogP contribution in [0.1, 0.15) is 13.3 Å². The van der Waals surface area contributed by atoms with Crippen LogP contribution in [-0.4, -0.2) is 25.2 Å². The first kappa shape index (κ1) is 15.2. The molecule has 1 unspecified atom stereocenters. The Bertz CT molecular complexity index is 519. The molecular weight excluding hydrogens is 339 g/mol. The zero-order valence-electron chi connectivity index (χ0n) is 10.7. The predicted octanol–water partition coefficient (Wildman–Crippen LogP) is 3.76. The van der Waals surface area contributed by atoms with Crippen LogP contribution >= 0.6 is 15.9 Å². The van der Waals surface area contributed by atoms with Crippen LogP contribution in [0.2, 0.25) is 0 Å². The molecule has 0 spiro atoms. The molecule has 2 rings (SSSR count). The van der Waals surface area contributed by atoms with E-state index < -0.39 is 6.36 Å². The van der Waals surface area contributed by atoms with Crippen LogP contribution in [0.4, 0.5) is 18.9 Å². The topological polar surface area (TPSA) is 29.5 Å². The Morgan fingerprint density at radius 1 is 1.40 bits per heavy atom. The molecule has 1 aromatic rings. The quantitative estimate of drug-likeness (QED) is 0.812. The first-order valence-corrected chi connectivity index (χ1v) is 6.88. The van der Waals surface area contributed by atoms with Crippen LogP contribution in [-0.2, 0) is 4.79 Å². The summed E-state index contributed by atoms with van der Waals surface area (Å²) in [4.78, 5) is 13.2. The minimum atomic E-state index is -4.74. The zero-order chi connectivity index (χ0) is 14.9. The van der Waals surface area contributed by atoms with Crippen LogP contribution in [0.25, 0.3) is 0 Å². The van der Waals surface area contributed by atoms with Gasteiger partial charge in [-0.2, -0.15) is 0 Å². The minimum absolute atomic E-state index is 0.136. The van der Waals surface area contributed by atoms with Crippen LogP contribution < -0.4 is 9.64 Å². The summed E-state index contributed by atoms with van der Waals surface area (Å²) in [6, 6.07) is 4.50. The number of ketones is 1. The van der Waals surface area contributed by atoms with Crippen molar-refractivity contribution < 1.29 is 22.7 Å². The molecule has 0 N–H and O–H groups in total. The zero-order valence-corrected chi connectivity index (χ0v) is 12.3. The van der Waals surface area contributed by atoms with Crippen molar-refractivity contribution in [3.63, 3.8) is 0 Å². The summed E-state index contributed by atoms with van der Waals surface area (Å²) in [7, 11) is 0. The molecule has 7 heteroatoms. The van der Waals surface area contributed by atoms with Gasteiger partial charge in [0.15, 0.2) is 5.75 Å². The van der Waals surface area contributed by atoms with E-state index in [1.54, 1.807) is 24.0 Å². The number of anilines is 1. The smallest absolute Gasteiger partial charge is 0.404 e. The van der Waals surface area contributed by atoms with Gasteiger partial charge in [-0.05, 0) is 18.2 Å². The monoisotopic (exact) mass is 351 g/mol. The van der Waals surface area contributed by atoms with Gasteiger partial charge in [-0.15, -0.1) is 13.2 Å². The Morgan fingerprint density at radius 2 is 2.10 bits per heavy atom. The molecule has 0 saturated carbocycles. The molecule has 1 heterocycles. The van der Waals surface area contributed by atoms with Crippen molar-refractivity contribution in [1.82, 2.24) is 0 Å². The molecule has 1 fully saturated rings. The van der Waals surface area contributed by atoms with Gasteiger partial charge in [0, 0.05) is 29.9 Å². The fraction of sp³-hybridized carbons (Fsp3) is 0.462. The Balaban J connectivity index is 2.29. The van der Waals surface area contributed by atoms with Gasteiger partial charge >= 0.3 is 6.36 Å². The van der Waals surface area contributed by atoms with Crippen LogP contribution in [0.3, 0.4) is 0 Å². The first-order chi connectivity index (χ1) is 9.26. The number of hydrogen-bond acceptors (Lipinski definition) is 3. The molecule has 0 radical (unpaired) electrons. The molecule has 0 aliphatic carbocycles. The number of rotatable bonds is 2. The molecule has 3 nitrogen and oxygen atoms in total. The van der Waals surface area contributed by atoms with Crippen LogP contribution in [0.5, 0.6) is 5.75 Å². The van der Waals surface area contributed by atoms with E-state index in [0.29, 0.717) is 29.7 Å². The lowest BCUT2D eigenvalue weighted by Crippen LogP contribution is -2.40. The van der Waals surface area contributed by atoms with Crippen molar-refractivity contribution in [2.45, 2.75) is 19.7 Å². The second-order valence-corrected chi connectivity index (χ2v) is 5.64. The second-order valence-electron chi connectivity index (χ2n) is 4.72. The Kier molecular flexibility index (Phi) is 4.27. The number of Topliss-reactive ketones (excluding diaryl/α,β-unsaturated/α-hetero) is 1. The van der Waals surface area contributed by atoms with Gasteiger partial charge in [0.2, 0.25) is 0 Å². The molecule has 20 heavy (non-hydrogen) atoms. The summed E-state index contributed by atoms with van der Waals surface area (Å²) >= 11 is 3.13. The van der Waals surface area contributed by atoms with Gasteiger partial charge in [-0.3, -0.25) is 4.79 Å². The lowest BCUT2D eigenvalue weighted by atomic mass is 9.98. The van der Waals surface area contributed by atoms with Crippen molar-refractivity contribution in [2.24, 2.45) is 5.92 Å². The maximum atomic E-state index is 12.4. The van der Waals surface area contributed by atoms with Gasteiger partial charge in [0.1, 0.15) is 5.78 Å². The van der Waals surface area contributed by atoms with Crippen molar-refractivity contribution in [1.29, 1.82) is 0 Å².